The highest BCUT2D eigenvalue weighted by atomic mass is 15.1. The lowest BCUT2D eigenvalue weighted by Crippen LogP contribution is -2.11. The Labute approximate surface area is 117 Å². The van der Waals surface area contributed by atoms with Gasteiger partial charge in [0.1, 0.15) is 5.82 Å². The van der Waals surface area contributed by atoms with E-state index >= 15 is 0 Å². The average molecular weight is 267 g/mol. The summed E-state index contributed by atoms with van der Waals surface area (Å²) in [6.45, 7) is 3.84. The van der Waals surface area contributed by atoms with Gasteiger partial charge in [-0.05, 0) is 25.1 Å². The minimum Gasteiger partial charge on any atom is -0.354 e. The van der Waals surface area contributed by atoms with Gasteiger partial charge in [0.05, 0.1) is 11.0 Å². The monoisotopic (exact) mass is 267 g/mol. The second kappa shape index (κ2) is 5.69. The van der Waals surface area contributed by atoms with Gasteiger partial charge < -0.3 is 9.88 Å². The van der Waals surface area contributed by atoms with Crippen LogP contribution in [-0.2, 0) is 13.0 Å². The fraction of sp³-hybridized carbons (Fsp3) is 0.267. The molecule has 0 bridgehead atoms. The molecule has 20 heavy (non-hydrogen) atoms. The van der Waals surface area contributed by atoms with Crippen molar-refractivity contribution in [3.63, 3.8) is 0 Å². The van der Waals surface area contributed by atoms with Crippen molar-refractivity contribution >= 4 is 17.0 Å². The van der Waals surface area contributed by atoms with Gasteiger partial charge in [-0.1, -0.05) is 12.1 Å². The first-order valence-electron chi connectivity index (χ1n) is 6.83. The van der Waals surface area contributed by atoms with Gasteiger partial charge in [-0.2, -0.15) is 0 Å². The van der Waals surface area contributed by atoms with Crippen LogP contribution in [-0.4, -0.2) is 26.1 Å². The Balaban J connectivity index is 1.74. The number of anilines is 1. The zero-order valence-corrected chi connectivity index (χ0v) is 11.5. The van der Waals surface area contributed by atoms with Crippen LogP contribution in [0.2, 0.25) is 0 Å². The van der Waals surface area contributed by atoms with Gasteiger partial charge in [-0.15, -0.1) is 0 Å². The number of fused-ring (bicyclic) bond motifs is 1. The van der Waals surface area contributed by atoms with Gasteiger partial charge >= 0.3 is 0 Å². The van der Waals surface area contributed by atoms with Gasteiger partial charge in [0, 0.05) is 31.9 Å². The minimum absolute atomic E-state index is 0.659. The fourth-order valence-electron chi connectivity index (χ4n) is 2.35. The highest BCUT2D eigenvalue weighted by Gasteiger charge is 2.08. The van der Waals surface area contributed by atoms with Crippen molar-refractivity contribution < 1.29 is 0 Å². The van der Waals surface area contributed by atoms with E-state index in [9.17, 15) is 0 Å². The molecule has 0 radical (unpaired) electrons. The molecule has 3 aromatic rings. The molecular formula is C15H17N5. The van der Waals surface area contributed by atoms with Crippen molar-refractivity contribution in [2.75, 3.05) is 11.9 Å². The van der Waals surface area contributed by atoms with Crippen molar-refractivity contribution in [2.45, 2.75) is 19.9 Å². The number of rotatable bonds is 5. The predicted molar refractivity (Wildman–Crippen MR) is 79.6 cm³/mol. The molecule has 0 unspecified atom stereocenters. The molecule has 0 saturated heterocycles. The molecule has 102 valence electrons. The molecule has 0 aliphatic heterocycles. The number of para-hydroxylation sites is 2. The molecule has 0 saturated carbocycles. The van der Waals surface area contributed by atoms with E-state index in [1.54, 1.807) is 12.4 Å². The number of benzene rings is 1. The lowest BCUT2D eigenvalue weighted by Gasteiger charge is -2.07. The van der Waals surface area contributed by atoms with E-state index in [0.29, 0.717) is 5.95 Å². The number of imidazole rings is 1. The number of nitrogens with zero attached hydrogens (tertiary/aromatic N) is 4. The van der Waals surface area contributed by atoms with E-state index in [2.05, 4.69) is 45.0 Å². The highest BCUT2D eigenvalue weighted by molar-refractivity contribution is 5.75. The van der Waals surface area contributed by atoms with E-state index in [1.165, 1.54) is 5.52 Å². The Morgan fingerprint density at radius 2 is 1.90 bits per heavy atom. The Morgan fingerprint density at radius 1 is 1.10 bits per heavy atom. The fourth-order valence-corrected chi connectivity index (χ4v) is 2.35. The summed E-state index contributed by atoms with van der Waals surface area (Å²) in [5.41, 5.74) is 2.25. The van der Waals surface area contributed by atoms with Crippen LogP contribution in [0.3, 0.4) is 0 Å². The third kappa shape index (κ3) is 2.47. The minimum atomic E-state index is 0.659. The number of nitrogens with one attached hydrogen (secondary N) is 1. The van der Waals surface area contributed by atoms with Crippen LogP contribution >= 0.6 is 0 Å². The second-order valence-corrected chi connectivity index (χ2v) is 4.51. The summed E-state index contributed by atoms with van der Waals surface area (Å²) in [5, 5.41) is 3.21. The SMILES string of the molecule is CCn1c(CCNc2ncccn2)nc2ccccc21. The Bertz CT molecular complexity index is 690. The molecule has 0 amide bonds. The van der Waals surface area contributed by atoms with Crippen LogP contribution < -0.4 is 5.32 Å². The number of aromatic nitrogens is 4. The molecule has 0 fully saturated rings. The summed E-state index contributed by atoms with van der Waals surface area (Å²) >= 11 is 0. The van der Waals surface area contributed by atoms with Gasteiger partial charge in [0.25, 0.3) is 0 Å². The topological polar surface area (TPSA) is 55.6 Å². The molecule has 0 spiro atoms. The van der Waals surface area contributed by atoms with Gasteiger partial charge in [-0.3, -0.25) is 0 Å². The molecule has 0 atom stereocenters. The molecule has 1 aromatic carbocycles. The van der Waals surface area contributed by atoms with Gasteiger partial charge in [0.15, 0.2) is 0 Å². The normalized spacial score (nSPS) is 10.8. The molecule has 5 nitrogen and oxygen atoms in total. The molecule has 2 aromatic heterocycles. The average Bonchev–Trinajstić information content (AvgIpc) is 2.86. The lowest BCUT2D eigenvalue weighted by atomic mass is 10.3. The first-order valence-corrected chi connectivity index (χ1v) is 6.83. The molecule has 0 aliphatic carbocycles. The molecule has 0 aliphatic rings. The Hall–Kier alpha value is -2.43. The molecular weight excluding hydrogens is 250 g/mol. The summed E-state index contributed by atoms with van der Waals surface area (Å²) in [6, 6.07) is 10.1. The van der Waals surface area contributed by atoms with Crippen LogP contribution in [0.4, 0.5) is 5.95 Å². The Morgan fingerprint density at radius 3 is 2.70 bits per heavy atom. The van der Waals surface area contributed by atoms with Crippen LogP contribution in [0.15, 0.2) is 42.7 Å². The first kappa shape index (κ1) is 12.6. The molecule has 1 N–H and O–H groups in total. The molecule has 3 rings (SSSR count). The maximum Gasteiger partial charge on any atom is 0.222 e. The van der Waals surface area contributed by atoms with E-state index in [-0.39, 0.29) is 0 Å². The molecule has 5 heteroatoms. The van der Waals surface area contributed by atoms with Gasteiger partial charge in [-0.25, -0.2) is 15.0 Å². The number of hydrogen-bond donors (Lipinski definition) is 1. The maximum absolute atomic E-state index is 4.70. The van der Waals surface area contributed by atoms with E-state index in [1.807, 2.05) is 12.1 Å². The van der Waals surface area contributed by atoms with Crippen molar-refractivity contribution in [1.82, 2.24) is 19.5 Å². The van der Waals surface area contributed by atoms with E-state index in [4.69, 9.17) is 4.98 Å². The van der Waals surface area contributed by atoms with Crippen LogP contribution in [0.1, 0.15) is 12.7 Å². The highest BCUT2D eigenvalue weighted by Crippen LogP contribution is 2.16. The van der Waals surface area contributed by atoms with Gasteiger partial charge in [0.2, 0.25) is 5.95 Å². The number of aryl methyl sites for hydroxylation is 1. The first-order chi connectivity index (χ1) is 9.88. The van der Waals surface area contributed by atoms with Crippen molar-refractivity contribution in [3.8, 4) is 0 Å². The predicted octanol–water partition coefficient (Wildman–Crippen LogP) is 2.50. The number of hydrogen-bond acceptors (Lipinski definition) is 4. The van der Waals surface area contributed by atoms with E-state index < -0.39 is 0 Å². The summed E-state index contributed by atoms with van der Waals surface area (Å²) in [7, 11) is 0. The zero-order valence-electron chi connectivity index (χ0n) is 11.5. The van der Waals surface area contributed by atoms with Crippen LogP contribution in [0.5, 0.6) is 0 Å². The van der Waals surface area contributed by atoms with Crippen LogP contribution in [0.25, 0.3) is 11.0 Å². The third-order valence-electron chi connectivity index (χ3n) is 3.25. The third-order valence-corrected chi connectivity index (χ3v) is 3.25. The summed E-state index contributed by atoms with van der Waals surface area (Å²) in [4.78, 5) is 13.0. The molecule has 2 heterocycles. The summed E-state index contributed by atoms with van der Waals surface area (Å²) in [5.74, 6) is 1.75. The lowest BCUT2D eigenvalue weighted by molar-refractivity contribution is 0.716. The quantitative estimate of drug-likeness (QED) is 0.771. The largest absolute Gasteiger partial charge is 0.354 e. The van der Waals surface area contributed by atoms with E-state index in [0.717, 1.165) is 30.9 Å². The van der Waals surface area contributed by atoms with Crippen LogP contribution in [0, 0.1) is 0 Å². The zero-order chi connectivity index (χ0) is 13.8. The van der Waals surface area contributed by atoms with Crippen molar-refractivity contribution in [1.29, 1.82) is 0 Å². The summed E-state index contributed by atoms with van der Waals surface area (Å²) in [6.07, 6.45) is 4.31. The van der Waals surface area contributed by atoms with Crippen molar-refractivity contribution in [3.05, 3.63) is 48.5 Å². The maximum atomic E-state index is 4.70. The van der Waals surface area contributed by atoms with Crippen molar-refractivity contribution in [2.24, 2.45) is 0 Å². The smallest absolute Gasteiger partial charge is 0.222 e. The standard InChI is InChI=1S/C15H17N5/c1-2-20-13-7-4-3-6-12(13)19-14(20)8-11-18-15-16-9-5-10-17-15/h3-7,9-10H,2,8,11H2,1H3,(H,16,17,18). The summed E-state index contributed by atoms with van der Waals surface area (Å²) < 4.78 is 2.25. The second-order valence-electron chi connectivity index (χ2n) is 4.51. The Kier molecular flexibility index (Phi) is 3.58.